The third kappa shape index (κ3) is 4.12. The van der Waals surface area contributed by atoms with Gasteiger partial charge in [-0.2, -0.15) is 0 Å². The van der Waals surface area contributed by atoms with Crippen LogP contribution in [0.2, 0.25) is 5.02 Å². The van der Waals surface area contributed by atoms with Crippen molar-refractivity contribution in [2.24, 2.45) is 5.92 Å². The molecular formula is C19H19ClN2O3. The summed E-state index contributed by atoms with van der Waals surface area (Å²) < 4.78 is 5.13. The third-order valence-corrected chi connectivity index (χ3v) is 4.58. The first-order chi connectivity index (χ1) is 12.1. The topological polar surface area (TPSA) is 58.6 Å². The highest BCUT2D eigenvalue weighted by molar-refractivity contribution is 6.33. The lowest BCUT2D eigenvalue weighted by Crippen LogP contribution is -2.28. The second-order valence-electron chi connectivity index (χ2n) is 5.99. The monoisotopic (exact) mass is 358 g/mol. The molecular weight excluding hydrogens is 340 g/mol. The third-order valence-electron chi connectivity index (χ3n) is 4.25. The minimum Gasteiger partial charge on any atom is -0.497 e. The van der Waals surface area contributed by atoms with E-state index in [0.29, 0.717) is 23.8 Å². The van der Waals surface area contributed by atoms with Crippen LogP contribution in [-0.4, -0.2) is 30.4 Å². The van der Waals surface area contributed by atoms with Gasteiger partial charge in [0, 0.05) is 19.5 Å². The summed E-state index contributed by atoms with van der Waals surface area (Å²) in [7, 11) is 1.61. The van der Waals surface area contributed by atoms with Crippen LogP contribution in [0, 0.1) is 5.92 Å². The van der Waals surface area contributed by atoms with Crippen molar-refractivity contribution in [1.29, 1.82) is 0 Å². The standard InChI is InChI=1S/C19H19ClN2O3/c1-25-15-8-6-13(7-9-15)11-22-12-14(10-18(22)23)19(24)21-17-5-3-2-4-16(17)20/h2-9,14H,10-12H2,1H3,(H,21,24). The zero-order valence-electron chi connectivity index (χ0n) is 13.9. The van der Waals surface area contributed by atoms with E-state index in [9.17, 15) is 9.59 Å². The SMILES string of the molecule is COc1ccc(CN2CC(C(=O)Nc3ccccc3Cl)CC2=O)cc1. The summed E-state index contributed by atoms with van der Waals surface area (Å²) in [5.74, 6) is 0.198. The summed E-state index contributed by atoms with van der Waals surface area (Å²) in [5, 5.41) is 3.29. The van der Waals surface area contributed by atoms with E-state index < -0.39 is 0 Å². The van der Waals surface area contributed by atoms with Crippen LogP contribution in [0.3, 0.4) is 0 Å². The van der Waals surface area contributed by atoms with Crippen LogP contribution in [0.25, 0.3) is 0 Å². The van der Waals surface area contributed by atoms with Gasteiger partial charge in [-0.15, -0.1) is 0 Å². The Morgan fingerprint density at radius 2 is 1.96 bits per heavy atom. The molecule has 1 aliphatic heterocycles. The zero-order valence-corrected chi connectivity index (χ0v) is 14.6. The number of amides is 2. The number of likely N-dealkylation sites (tertiary alicyclic amines) is 1. The summed E-state index contributed by atoms with van der Waals surface area (Å²) in [6.07, 6.45) is 0.215. The quantitative estimate of drug-likeness (QED) is 0.891. The molecule has 2 aromatic rings. The van der Waals surface area contributed by atoms with Gasteiger partial charge in [-0.1, -0.05) is 35.9 Å². The number of carbonyl (C=O) groups is 2. The van der Waals surface area contributed by atoms with Gasteiger partial charge in [0.2, 0.25) is 11.8 Å². The first-order valence-corrected chi connectivity index (χ1v) is 8.40. The largest absolute Gasteiger partial charge is 0.497 e. The van der Waals surface area contributed by atoms with E-state index in [1.165, 1.54) is 0 Å². The van der Waals surface area contributed by atoms with Gasteiger partial charge in [0.15, 0.2) is 0 Å². The van der Waals surface area contributed by atoms with Crippen LogP contribution in [0.1, 0.15) is 12.0 Å². The number of hydrogen-bond acceptors (Lipinski definition) is 3. The second kappa shape index (κ2) is 7.57. The highest BCUT2D eigenvalue weighted by Gasteiger charge is 2.34. The molecule has 0 aromatic heterocycles. The molecule has 0 spiro atoms. The van der Waals surface area contributed by atoms with Crippen LogP contribution in [0.4, 0.5) is 5.69 Å². The van der Waals surface area contributed by atoms with E-state index in [0.717, 1.165) is 11.3 Å². The Kier molecular flexibility index (Phi) is 5.24. The molecule has 1 atom stereocenters. The Labute approximate surface area is 151 Å². The predicted molar refractivity (Wildman–Crippen MR) is 96.6 cm³/mol. The van der Waals surface area contributed by atoms with Crippen molar-refractivity contribution >= 4 is 29.1 Å². The highest BCUT2D eigenvalue weighted by Crippen LogP contribution is 2.25. The molecule has 0 saturated carbocycles. The number of rotatable bonds is 5. The Morgan fingerprint density at radius 3 is 2.64 bits per heavy atom. The molecule has 3 rings (SSSR count). The van der Waals surface area contributed by atoms with E-state index in [1.807, 2.05) is 24.3 Å². The number of nitrogens with zero attached hydrogens (tertiary/aromatic N) is 1. The molecule has 1 fully saturated rings. The van der Waals surface area contributed by atoms with E-state index in [2.05, 4.69) is 5.32 Å². The number of para-hydroxylation sites is 1. The van der Waals surface area contributed by atoms with E-state index >= 15 is 0 Å². The molecule has 2 aromatic carbocycles. The van der Waals surface area contributed by atoms with Gasteiger partial charge in [-0.05, 0) is 29.8 Å². The lowest BCUT2D eigenvalue weighted by Gasteiger charge is -2.17. The van der Waals surface area contributed by atoms with Crippen molar-refractivity contribution in [1.82, 2.24) is 4.90 Å². The highest BCUT2D eigenvalue weighted by atomic mass is 35.5. The summed E-state index contributed by atoms with van der Waals surface area (Å²) in [5.41, 5.74) is 1.57. The van der Waals surface area contributed by atoms with Gasteiger partial charge in [0.05, 0.1) is 23.7 Å². The average Bonchev–Trinajstić information content (AvgIpc) is 2.98. The zero-order chi connectivity index (χ0) is 17.8. The molecule has 1 heterocycles. The fraction of sp³-hybridized carbons (Fsp3) is 0.263. The Morgan fingerprint density at radius 1 is 1.24 bits per heavy atom. The molecule has 0 radical (unpaired) electrons. The van der Waals surface area contributed by atoms with Crippen molar-refractivity contribution < 1.29 is 14.3 Å². The number of benzene rings is 2. The number of anilines is 1. The molecule has 2 amide bonds. The number of methoxy groups -OCH3 is 1. The van der Waals surface area contributed by atoms with Crippen LogP contribution in [-0.2, 0) is 16.1 Å². The van der Waals surface area contributed by atoms with E-state index in [1.54, 1.807) is 36.3 Å². The van der Waals surface area contributed by atoms with Crippen molar-refractivity contribution in [3.8, 4) is 5.75 Å². The summed E-state index contributed by atoms with van der Waals surface area (Å²) in [4.78, 5) is 26.4. The van der Waals surface area contributed by atoms with Gasteiger partial charge >= 0.3 is 0 Å². The van der Waals surface area contributed by atoms with E-state index in [4.69, 9.17) is 16.3 Å². The number of halogens is 1. The van der Waals surface area contributed by atoms with Gasteiger partial charge in [0.25, 0.3) is 0 Å². The molecule has 0 aliphatic carbocycles. The number of carbonyl (C=O) groups excluding carboxylic acids is 2. The van der Waals surface area contributed by atoms with Gasteiger partial charge < -0.3 is 15.0 Å². The van der Waals surface area contributed by atoms with Crippen LogP contribution < -0.4 is 10.1 Å². The maximum atomic E-state index is 12.4. The second-order valence-corrected chi connectivity index (χ2v) is 6.40. The lowest BCUT2D eigenvalue weighted by atomic mass is 10.1. The lowest BCUT2D eigenvalue weighted by molar-refractivity contribution is -0.128. The van der Waals surface area contributed by atoms with Crippen molar-refractivity contribution in [2.45, 2.75) is 13.0 Å². The number of nitrogens with one attached hydrogen (secondary N) is 1. The van der Waals surface area contributed by atoms with Crippen LogP contribution >= 0.6 is 11.6 Å². The van der Waals surface area contributed by atoms with Crippen molar-refractivity contribution in [3.63, 3.8) is 0 Å². The molecule has 1 N–H and O–H groups in total. The summed E-state index contributed by atoms with van der Waals surface area (Å²) in [6, 6.07) is 14.6. The van der Waals surface area contributed by atoms with Gasteiger partial charge in [-0.3, -0.25) is 9.59 Å². The molecule has 130 valence electrons. The molecule has 1 saturated heterocycles. The Hall–Kier alpha value is -2.53. The molecule has 1 aliphatic rings. The minimum absolute atomic E-state index is 0.0184. The van der Waals surface area contributed by atoms with Gasteiger partial charge in [0.1, 0.15) is 5.75 Å². The maximum Gasteiger partial charge on any atom is 0.229 e. The maximum absolute atomic E-state index is 12.4. The molecule has 0 bridgehead atoms. The summed E-state index contributed by atoms with van der Waals surface area (Å²) >= 11 is 6.06. The first-order valence-electron chi connectivity index (χ1n) is 8.03. The summed E-state index contributed by atoms with van der Waals surface area (Å²) in [6.45, 7) is 0.889. The van der Waals surface area contributed by atoms with E-state index in [-0.39, 0.29) is 24.2 Å². The van der Waals surface area contributed by atoms with Crippen LogP contribution in [0.15, 0.2) is 48.5 Å². The average molecular weight is 359 g/mol. The number of ether oxygens (including phenoxy) is 1. The van der Waals surface area contributed by atoms with Crippen molar-refractivity contribution in [2.75, 3.05) is 19.0 Å². The van der Waals surface area contributed by atoms with Crippen LogP contribution in [0.5, 0.6) is 5.75 Å². The molecule has 6 heteroatoms. The normalized spacial score (nSPS) is 16.8. The molecule has 1 unspecified atom stereocenters. The van der Waals surface area contributed by atoms with Gasteiger partial charge in [-0.25, -0.2) is 0 Å². The number of hydrogen-bond donors (Lipinski definition) is 1. The molecule has 25 heavy (non-hydrogen) atoms. The first kappa shape index (κ1) is 17.3. The smallest absolute Gasteiger partial charge is 0.229 e. The molecule has 5 nitrogen and oxygen atoms in total. The predicted octanol–water partition coefficient (Wildman–Crippen LogP) is 3.34. The fourth-order valence-corrected chi connectivity index (χ4v) is 3.03. The van der Waals surface area contributed by atoms with Crippen molar-refractivity contribution in [3.05, 3.63) is 59.1 Å². The Bertz CT molecular complexity index is 776. The minimum atomic E-state index is -0.373. The Balaban J connectivity index is 1.61. The fourth-order valence-electron chi connectivity index (χ4n) is 2.85.